The number of rotatable bonds is 6. The first-order valence-electron chi connectivity index (χ1n) is 7.05. The van der Waals surface area contributed by atoms with Crippen LogP contribution in [0.4, 0.5) is 0 Å². The Hall–Kier alpha value is -1.14. The zero-order valence-electron chi connectivity index (χ0n) is 11.6. The minimum Gasteiger partial charge on any atom is -0.486 e. The Balaban J connectivity index is 1.46. The number of hydrogen-bond donors (Lipinski definition) is 2. The Kier molecular flexibility index (Phi) is 5.08. The predicted octanol–water partition coefficient (Wildman–Crippen LogP) is 2.83. The van der Waals surface area contributed by atoms with E-state index in [0.717, 1.165) is 36.1 Å². The van der Waals surface area contributed by atoms with Crippen molar-refractivity contribution < 1.29 is 4.74 Å². The van der Waals surface area contributed by atoms with Crippen LogP contribution in [-0.2, 0) is 13.2 Å². The summed E-state index contributed by atoms with van der Waals surface area (Å²) in [6.07, 6.45) is 1.19. The van der Waals surface area contributed by atoms with Crippen LogP contribution in [0, 0.1) is 0 Å². The van der Waals surface area contributed by atoms with Gasteiger partial charge in [0.05, 0.1) is 5.69 Å². The number of aromatic nitrogens is 1. The smallest absolute Gasteiger partial charge is 0.140 e. The van der Waals surface area contributed by atoms with Crippen molar-refractivity contribution in [2.24, 2.45) is 0 Å². The SMILES string of the molecule is Clc1ccc(OCc2nc(CNC3CCNC3)cs2)cc1. The van der Waals surface area contributed by atoms with Crippen LogP contribution in [0.15, 0.2) is 29.6 Å². The summed E-state index contributed by atoms with van der Waals surface area (Å²) in [4.78, 5) is 4.59. The molecular formula is C15H18ClN3OS. The first-order valence-corrected chi connectivity index (χ1v) is 8.31. The highest BCUT2D eigenvalue weighted by Crippen LogP contribution is 2.18. The van der Waals surface area contributed by atoms with Gasteiger partial charge in [-0.3, -0.25) is 0 Å². The molecule has 3 rings (SSSR count). The zero-order valence-corrected chi connectivity index (χ0v) is 13.2. The van der Waals surface area contributed by atoms with E-state index in [-0.39, 0.29) is 0 Å². The van der Waals surface area contributed by atoms with Crippen LogP contribution in [0.3, 0.4) is 0 Å². The molecule has 21 heavy (non-hydrogen) atoms. The minimum atomic E-state index is 0.497. The van der Waals surface area contributed by atoms with Crippen molar-refractivity contribution in [3.8, 4) is 5.75 Å². The summed E-state index contributed by atoms with van der Waals surface area (Å²) >= 11 is 7.48. The van der Waals surface area contributed by atoms with Gasteiger partial charge in [0.15, 0.2) is 0 Å². The number of halogens is 1. The lowest BCUT2D eigenvalue weighted by molar-refractivity contribution is 0.305. The molecule has 1 unspecified atom stereocenters. The molecule has 0 aliphatic carbocycles. The molecule has 0 bridgehead atoms. The van der Waals surface area contributed by atoms with Gasteiger partial charge in [0.2, 0.25) is 0 Å². The van der Waals surface area contributed by atoms with E-state index in [4.69, 9.17) is 16.3 Å². The number of benzene rings is 1. The monoisotopic (exact) mass is 323 g/mol. The topological polar surface area (TPSA) is 46.2 Å². The molecule has 1 aromatic heterocycles. The molecule has 1 fully saturated rings. The lowest BCUT2D eigenvalue weighted by Crippen LogP contribution is -2.30. The summed E-state index contributed by atoms with van der Waals surface area (Å²) < 4.78 is 5.70. The van der Waals surface area contributed by atoms with E-state index in [2.05, 4.69) is 21.0 Å². The highest BCUT2D eigenvalue weighted by Gasteiger charge is 2.13. The maximum absolute atomic E-state index is 5.84. The molecule has 4 nitrogen and oxygen atoms in total. The maximum Gasteiger partial charge on any atom is 0.140 e. The van der Waals surface area contributed by atoms with Crippen LogP contribution in [0.25, 0.3) is 0 Å². The summed E-state index contributed by atoms with van der Waals surface area (Å²) in [7, 11) is 0. The summed E-state index contributed by atoms with van der Waals surface area (Å²) in [6.45, 7) is 3.48. The highest BCUT2D eigenvalue weighted by atomic mass is 35.5. The summed E-state index contributed by atoms with van der Waals surface area (Å²) in [5.41, 5.74) is 1.08. The van der Waals surface area contributed by atoms with Gasteiger partial charge in [-0.15, -0.1) is 11.3 Å². The molecular weight excluding hydrogens is 306 g/mol. The van der Waals surface area contributed by atoms with Crippen molar-refractivity contribution in [2.75, 3.05) is 13.1 Å². The van der Waals surface area contributed by atoms with Gasteiger partial charge in [-0.1, -0.05) is 11.6 Å². The second-order valence-electron chi connectivity index (χ2n) is 5.05. The van der Waals surface area contributed by atoms with Gasteiger partial charge in [-0.2, -0.15) is 0 Å². The van der Waals surface area contributed by atoms with Gasteiger partial charge in [0.25, 0.3) is 0 Å². The van der Waals surface area contributed by atoms with Crippen LogP contribution in [-0.4, -0.2) is 24.1 Å². The number of ether oxygens (including phenoxy) is 1. The maximum atomic E-state index is 5.84. The van der Waals surface area contributed by atoms with Crippen molar-refractivity contribution in [1.82, 2.24) is 15.6 Å². The van der Waals surface area contributed by atoms with Crippen molar-refractivity contribution in [1.29, 1.82) is 0 Å². The van der Waals surface area contributed by atoms with Gasteiger partial charge in [-0.05, 0) is 37.2 Å². The molecule has 2 aromatic rings. The predicted molar refractivity (Wildman–Crippen MR) is 86.0 cm³/mol. The van der Waals surface area contributed by atoms with Crippen molar-refractivity contribution in [3.05, 3.63) is 45.4 Å². The molecule has 1 saturated heterocycles. The molecule has 0 saturated carbocycles. The molecule has 2 N–H and O–H groups in total. The fourth-order valence-corrected chi connectivity index (χ4v) is 3.08. The van der Waals surface area contributed by atoms with Gasteiger partial charge in [0.1, 0.15) is 17.4 Å². The zero-order chi connectivity index (χ0) is 14.5. The molecule has 1 atom stereocenters. The van der Waals surface area contributed by atoms with E-state index in [0.29, 0.717) is 17.7 Å². The quantitative estimate of drug-likeness (QED) is 0.858. The number of thiazole rings is 1. The molecule has 0 radical (unpaired) electrons. The van der Waals surface area contributed by atoms with E-state index in [1.165, 1.54) is 6.42 Å². The number of nitrogens with zero attached hydrogens (tertiary/aromatic N) is 1. The van der Waals surface area contributed by atoms with Crippen LogP contribution in [0.1, 0.15) is 17.1 Å². The van der Waals surface area contributed by atoms with Crippen molar-refractivity contribution >= 4 is 22.9 Å². The number of hydrogen-bond acceptors (Lipinski definition) is 5. The van der Waals surface area contributed by atoms with E-state index in [9.17, 15) is 0 Å². The van der Waals surface area contributed by atoms with Gasteiger partial charge in [-0.25, -0.2) is 4.98 Å². The minimum absolute atomic E-state index is 0.497. The Labute approximate surface area is 133 Å². The van der Waals surface area contributed by atoms with Crippen molar-refractivity contribution in [3.63, 3.8) is 0 Å². The fourth-order valence-electron chi connectivity index (χ4n) is 2.25. The molecule has 112 valence electrons. The first kappa shape index (κ1) is 14.8. The normalized spacial score (nSPS) is 18.0. The van der Waals surface area contributed by atoms with Crippen LogP contribution in [0.2, 0.25) is 5.02 Å². The Morgan fingerprint density at radius 2 is 2.24 bits per heavy atom. The Morgan fingerprint density at radius 1 is 1.38 bits per heavy atom. The van der Waals surface area contributed by atoms with Crippen LogP contribution < -0.4 is 15.4 Å². The third-order valence-electron chi connectivity index (χ3n) is 3.41. The Bertz CT molecular complexity index is 567. The largest absolute Gasteiger partial charge is 0.486 e. The molecule has 1 aliphatic rings. The second kappa shape index (κ2) is 7.22. The van der Waals surface area contributed by atoms with E-state index < -0.39 is 0 Å². The summed E-state index contributed by atoms with van der Waals surface area (Å²) in [5, 5.41) is 10.7. The summed E-state index contributed by atoms with van der Waals surface area (Å²) in [5.74, 6) is 0.811. The lowest BCUT2D eigenvalue weighted by atomic mass is 10.2. The average Bonchev–Trinajstić information content (AvgIpc) is 3.16. The van der Waals surface area contributed by atoms with Crippen LogP contribution >= 0.6 is 22.9 Å². The van der Waals surface area contributed by atoms with E-state index >= 15 is 0 Å². The lowest BCUT2D eigenvalue weighted by Gasteiger charge is -2.08. The third kappa shape index (κ3) is 4.41. The molecule has 0 spiro atoms. The fraction of sp³-hybridized carbons (Fsp3) is 0.400. The van der Waals surface area contributed by atoms with E-state index in [1.54, 1.807) is 11.3 Å². The Morgan fingerprint density at radius 3 is 3.00 bits per heavy atom. The number of nitrogens with one attached hydrogen (secondary N) is 2. The van der Waals surface area contributed by atoms with Crippen LogP contribution in [0.5, 0.6) is 5.75 Å². The molecule has 1 aromatic carbocycles. The van der Waals surface area contributed by atoms with Crippen molar-refractivity contribution in [2.45, 2.75) is 25.6 Å². The molecule has 6 heteroatoms. The van der Waals surface area contributed by atoms with E-state index in [1.807, 2.05) is 24.3 Å². The molecule has 2 heterocycles. The third-order valence-corrected chi connectivity index (χ3v) is 4.53. The average molecular weight is 324 g/mol. The van der Waals surface area contributed by atoms with Gasteiger partial charge in [0, 0.05) is 29.5 Å². The molecule has 0 amide bonds. The first-order chi connectivity index (χ1) is 10.3. The standard InChI is InChI=1S/C15H18ClN3OS/c16-11-1-3-14(4-2-11)20-9-15-19-13(10-21-15)8-18-12-5-6-17-7-12/h1-4,10,12,17-18H,5-9H2. The van der Waals surface area contributed by atoms with Gasteiger partial charge >= 0.3 is 0 Å². The summed E-state index contributed by atoms with van der Waals surface area (Å²) in [6, 6.07) is 7.95. The highest BCUT2D eigenvalue weighted by molar-refractivity contribution is 7.09. The van der Waals surface area contributed by atoms with Gasteiger partial charge < -0.3 is 15.4 Å². The molecule has 1 aliphatic heterocycles. The second-order valence-corrected chi connectivity index (χ2v) is 6.42.